The van der Waals surface area contributed by atoms with Crippen LogP contribution in [0, 0.1) is 11.7 Å². The molecule has 0 bridgehead atoms. The largest absolute Gasteiger partial charge is 0.496 e. The lowest BCUT2D eigenvalue weighted by Gasteiger charge is -2.19. The van der Waals surface area contributed by atoms with Gasteiger partial charge in [-0.05, 0) is 25.0 Å². The average Bonchev–Trinajstić information content (AvgIpc) is 2.34. The molecule has 3 nitrogen and oxygen atoms in total. The number of benzene rings is 1. The van der Waals surface area contributed by atoms with Crippen LogP contribution in [0.4, 0.5) is 4.39 Å². The van der Waals surface area contributed by atoms with Crippen molar-refractivity contribution < 1.29 is 14.2 Å². The first kappa shape index (κ1) is 13.9. The number of hydrogen-bond acceptors (Lipinski definition) is 3. The van der Waals surface area contributed by atoms with Gasteiger partial charge < -0.3 is 15.2 Å². The normalized spacial score (nSPS) is 14.4. The fourth-order valence-electron chi connectivity index (χ4n) is 1.66. The van der Waals surface area contributed by atoms with Crippen molar-refractivity contribution in [3.63, 3.8) is 0 Å². The number of rotatable bonds is 6. The Morgan fingerprint density at radius 3 is 2.71 bits per heavy atom. The molecule has 2 unspecified atom stereocenters. The van der Waals surface area contributed by atoms with Gasteiger partial charge in [-0.1, -0.05) is 13.0 Å². The molecule has 0 saturated carbocycles. The number of methoxy groups -OCH3 is 1. The van der Waals surface area contributed by atoms with Crippen molar-refractivity contribution in [1.29, 1.82) is 0 Å². The lowest BCUT2D eigenvalue weighted by molar-refractivity contribution is 0.230. The summed E-state index contributed by atoms with van der Waals surface area (Å²) in [6.45, 7) is 4.56. The third-order valence-corrected chi connectivity index (χ3v) is 2.75. The Hall–Kier alpha value is -1.13. The summed E-state index contributed by atoms with van der Waals surface area (Å²) in [7, 11) is 1.53. The zero-order valence-corrected chi connectivity index (χ0v) is 10.5. The van der Waals surface area contributed by atoms with Crippen molar-refractivity contribution in [2.45, 2.75) is 19.9 Å². The first-order valence-corrected chi connectivity index (χ1v) is 5.76. The molecule has 2 atom stereocenters. The lowest BCUT2D eigenvalue weighted by Crippen LogP contribution is -2.27. The first-order chi connectivity index (χ1) is 8.10. The standard InChI is InChI=1S/C13H20FNO2/c1-9(8-16)7-15-10(2)13-11(14)5-4-6-12(13)17-3/h4-6,9-10,15-16H,7-8H2,1-3H3. The van der Waals surface area contributed by atoms with Crippen LogP contribution in [0.1, 0.15) is 25.5 Å². The van der Waals surface area contributed by atoms with Crippen molar-refractivity contribution >= 4 is 0 Å². The van der Waals surface area contributed by atoms with Gasteiger partial charge in [0.15, 0.2) is 0 Å². The molecule has 1 rings (SSSR count). The van der Waals surface area contributed by atoms with Crippen molar-refractivity contribution in [2.24, 2.45) is 5.92 Å². The van der Waals surface area contributed by atoms with Crippen LogP contribution in [0.25, 0.3) is 0 Å². The van der Waals surface area contributed by atoms with Crippen LogP contribution in [0.3, 0.4) is 0 Å². The molecule has 2 N–H and O–H groups in total. The van der Waals surface area contributed by atoms with Crippen LogP contribution in [0.2, 0.25) is 0 Å². The van der Waals surface area contributed by atoms with Crippen LogP contribution in [-0.4, -0.2) is 25.4 Å². The Morgan fingerprint density at radius 2 is 2.12 bits per heavy atom. The molecular formula is C13H20FNO2. The molecule has 0 aromatic heterocycles. The summed E-state index contributed by atoms with van der Waals surface area (Å²) in [6.07, 6.45) is 0. The predicted molar refractivity (Wildman–Crippen MR) is 65.6 cm³/mol. The topological polar surface area (TPSA) is 41.5 Å². The molecule has 0 aliphatic heterocycles. The SMILES string of the molecule is COc1cccc(F)c1C(C)NCC(C)CO. The smallest absolute Gasteiger partial charge is 0.131 e. The summed E-state index contributed by atoms with van der Waals surface area (Å²) >= 11 is 0. The van der Waals surface area contributed by atoms with E-state index in [9.17, 15) is 4.39 Å². The van der Waals surface area contributed by atoms with Gasteiger partial charge in [0, 0.05) is 24.8 Å². The van der Waals surface area contributed by atoms with Gasteiger partial charge in [-0.2, -0.15) is 0 Å². The van der Waals surface area contributed by atoms with Crippen molar-refractivity contribution in [1.82, 2.24) is 5.32 Å². The third kappa shape index (κ3) is 3.68. The quantitative estimate of drug-likeness (QED) is 0.801. The van der Waals surface area contributed by atoms with Gasteiger partial charge >= 0.3 is 0 Å². The minimum atomic E-state index is -0.277. The van der Waals surface area contributed by atoms with Crippen LogP contribution < -0.4 is 10.1 Å². The van der Waals surface area contributed by atoms with Gasteiger partial charge in [0.1, 0.15) is 11.6 Å². The second kappa shape index (κ2) is 6.57. The number of hydrogen-bond donors (Lipinski definition) is 2. The minimum Gasteiger partial charge on any atom is -0.496 e. The fourth-order valence-corrected chi connectivity index (χ4v) is 1.66. The van der Waals surface area contributed by atoms with Gasteiger partial charge in [-0.3, -0.25) is 0 Å². The highest BCUT2D eigenvalue weighted by atomic mass is 19.1. The summed E-state index contributed by atoms with van der Waals surface area (Å²) in [5, 5.41) is 12.1. The summed E-state index contributed by atoms with van der Waals surface area (Å²) in [4.78, 5) is 0. The predicted octanol–water partition coefficient (Wildman–Crippen LogP) is 2.11. The molecule has 0 aliphatic rings. The highest BCUT2D eigenvalue weighted by molar-refractivity contribution is 5.36. The zero-order valence-electron chi connectivity index (χ0n) is 10.5. The van der Waals surface area contributed by atoms with Crippen LogP contribution in [-0.2, 0) is 0 Å². The van der Waals surface area contributed by atoms with E-state index in [0.29, 0.717) is 17.9 Å². The summed E-state index contributed by atoms with van der Waals surface area (Å²) in [5.41, 5.74) is 0.528. The average molecular weight is 241 g/mol. The number of ether oxygens (including phenoxy) is 1. The Kier molecular flexibility index (Phi) is 5.38. The molecule has 0 amide bonds. The third-order valence-electron chi connectivity index (χ3n) is 2.75. The molecule has 4 heteroatoms. The van der Waals surface area contributed by atoms with Crippen LogP contribution in [0.5, 0.6) is 5.75 Å². The molecule has 96 valence electrons. The molecule has 0 saturated heterocycles. The number of aliphatic hydroxyl groups is 1. The van der Waals surface area contributed by atoms with E-state index in [4.69, 9.17) is 9.84 Å². The van der Waals surface area contributed by atoms with Gasteiger partial charge in [0.05, 0.1) is 7.11 Å². The van der Waals surface area contributed by atoms with Crippen molar-refractivity contribution in [3.8, 4) is 5.75 Å². The van der Waals surface area contributed by atoms with Gasteiger partial charge in [-0.15, -0.1) is 0 Å². The summed E-state index contributed by atoms with van der Waals surface area (Å²) < 4.78 is 18.9. The monoisotopic (exact) mass is 241 g/mol. The molecule has 0 spiro atoms. The number of nitrogens with one attached hydrogen (secondary N) is 1. The Bertz CT molecular complexity index is 357. The van der Waals surface area contributed by atoms with Crippen LogP contribution >= 0.6 is 0 Å². The van der Waals surface area contributed by atoms with Crippen molar-refractivity contribution in [2.75, 3.05) is 20.3 Å². The molecule has 0 radical (unpaired) electrons. The molecule has 1 aromatic carbocycles. The van der Waals surface area contributed by atoms with E-state index in [-0.39, 0.29) is 24.4 Å². The Labute approximate surface area is 102 Å². The Morgan fingerprint density at radius 1 is 1.41 bits per heavy atom. The molecule has 17 heavy (non-hydrogen) atoms. The van der Waals surface area contributed by atoms with Gasteiger partial charge in [-0.25, -0.2) is 4.39 Å². The van der Waals surface area contributed by atoms with E-state index >= 15 is 0 Å². The zero-order chi connectivity index (χ0) is 12.8. The van der Waals surface area contributed by atoms with E-state index in [2.05, 4.69) is 5.32 Å². The van der Waals surface area contributed by atoms with Crippen LogP contribution in [0.15, 0.2) is 18.2 Å². The van der Waals surface area contributed by atoms with E-state index < -0.39 is 0 Å². The maximum Gasteiger partial charge on any atom is 0.131 e. The second-order valence-corrected chi connectivity index (χ2v) is 4.27. The number of aliphatic hydroxyl groups excluding tert-OH is 1. The minimum absolute atomic E-state index is 0.119. The number of halogens is 1. The maximum absolute atomic E-state index is 13.7. The fraction of sp³-hybridized carbons (Fsp3) is 0.538. The van der Waals surface area contributed by atoms with Gasteiger partial charge in [0.25, 0.3) is 0 Å². The molecular weight excluding hydrogens is 221 g/mol. The second-order valence-electron chi connectivity index (χ2n) is 4.27. The molecule has 0 fully saturated rings. The van der Waals surface area contributed by atoms with E-state index in [1.54, 1.807) is 12.1 Å². The Balaban J connectivity index is 2.77. The maximum atomic E-state index is 13.7. The van der Waals surface area contributed by atoms with Gasteiger partial charge in [0.2, 0.25) is 0 Å². The molecule has 1 aromatic rings. The highest BCUT2D eigenvalue weighted by Gasteiger charge is 2.16. The lowest BCUT2D eigenvalue weighted by atomic mass is 10.1. The van der Waals surface area contributed by atoms with E-state index in [0.717, 1.165) is 0 Å². The van der Waals surface area contributed by atoms with E-state index in [1.165, 1.54) is 13.2 Å². The first-order valence-electron chi connectivity index (χ1n) is 5.76. The van der Waals surface area contributed by atoms with E-state index in [1.807, 2.05) is 13.8 Å². The molecule has 0 aliphatic carbocycles. The summed E-state index contributed by atoms with van der Waals surface area (Å²) in [5.74, 6) is 0.415. The van der Waals surface area contributed by atoms with Crippen molar-refractivity contribution in [3.05, 3.63) is 29.6 Å². The summed E-state index contributed by atoms with van der Waals surface area (Å²) in [6, 6.07) is 4.64. The molecule has 0 heterocycles. The highest BCUT2D eigenvalue weighted by Crippen LogP contribution is 2.27.